The molecule has 1 saturated carbocycles. The van der Waals surface area contributed by atoms with Crippen LogP contribution in [0.2, 0.25) is 0 Å². The van der Waals surface area contributed by atoms with Gasteiger partial charge >= 0.3 is 11.9 Å². The number of rotatable bonds is 5. The van der Waals surface area contributed by atoms with Crippen molar-refractivity contribution in [3.05, 3.63) is 0 Å². The van der Waals surface area contributed by atoms with Crippen LogP contribution in [-0.4, -0.2) is 53.9 Å². The first kappa shape index (κ1) is 18.6. The summed E-state index contributed by atoms with van der Waals surface area (Å²) in [5, 5.41) is 10.6. The molecule has 2 aliphatic heterocycles. The minimum absolute atomic E-state index is 0.205. The molecule has 1 N–H and O–H groups in total. The third kappa shape index (κ3) is 3.68. The van der Waals surface area contributed by atoms with Crippen molar-refractivity contribution in [1.82, 2.24) is 0 Å². The molecule has 0 bridgehead atoms. The minimum atomic E-state index is -1.19. The number of esters is 2. The van der Waals surface area contributed by atoms with Gasteiger partial charge in [0.15, 0.2) is 11.9 Å². The molecule has 142 valence electrons. The second-order valence-corrected chi connectivity index (χ2v) is 7.93. The Balaban J connectivity index is 1.64. The lowest BCUT2D eigenvalue weighted by Gasteiger charge is -2.35. The highest BCUT2D eigenvalue weighted by molar-refractivity contribution is 5.84. The fourth-order valence-corrected chi connectivity index (χ4v) is 3.48. The highest BCUT2D eigenvalue weighted by Gasteiger charge is 2.57. The van der Waals surface area contributed by atoms with Gasteiger partial charge in [-0.3, -0.25) is 4.79 Å². The van der Waals surface area contributed by atoms with Crippen molar-refractivity contribution in [3.8, 4) is 0 Å². The largest absolute Gasteiger partial charge is 0.454 e. The molecule has 4 atom stereocenters. The maximum atomic E-state index is 12.3. The Kier molecular flexibility index (Phi) is 5.10. The Labute approximate surface area is 147 Å². The van der Waals surface area contributed by atoms with Crippen molar-refractivity contribution < 1.29 is 33.6 Å². The van der Waals surface area contributed by atoms with Gasteiger partial charge in [-0.25, -0.2) is 4.79 Å². The number of fused-ring (bicyclic) bond motifs is 1. The zero-order valence-corrected chi connectivity index (χ0v) is 15.2. The summed E-state index contributed by atoms with van der Waals surface area (Å²) < 4.78 is 22.3. The van der Waals surface area contributed by atoms with Crippen LogP contribution in [0.15, 0.2) is 0 Å². The van der Waals surface area contributed by atoms with Crippen LogP contribution in [-0.2, 0) is 28.5 Å². The number of carbonyl (C=O) groups excluding carboxylic acids is 2. The van der Waals surface area contributed by atoms with E-state index >= 15 is 0 Å². The van der Waals surface area contributed by atoms with Crippen LogP contribution in [0, 0.1) is 5.41 Å². The van der Waals surface area contributed by atoms with Crippen LogP contribution >= 0.6 is 0 Å². The van der Waals surface area contributed by atoms with Gasteiger partial charge in [0.05, 0.1) is 12.0 Å². The molecule has 2 heterocycles. The molecular formula is C18H28O7. The Hall–Kier alpha value is -1.18. The fraction of sp³-hybridized carbons (Fsp3) is 0.889. The second kappa shape index (κ2) is 6.85. The lowest BCUT2D eigenvalue weighted by molar-refractivity contribution is -0.255. The number of ether oxygens (including phenoxy) is 4. The van der Waals surface area contributed by atoms with Crippen molar-refractivity contribution >= 4 is 11.9 Å². The SMILES string of the molecule is CCC(C)(C)C(=O)OC1C(=O)OC2C(OC3(O)CCCCC3)COC12. The van der Waals surface area contributed by atoms with Crippen LogP contribution in [0.5, 0.6) is 0 Å². The molecule has 0 aromatic carbocycles. The molecule has 3 fully saturated rings. The maximum absolute atomic E-state index is 12.3. The Morgan fingerprint density at radius 1 is 1.28 bits per heavy atom. The topological polar surface area (TPSA) is 91.3 Å². The van der Waals surface area contributed by atoms with Crippen molar-refractivity contribution in [2.75, 3.05) is 6.61 Å². The molecule has 0 spiro atoms. The van der Waals surface area contributed by atoms with Gasteiger partial charge in [0.2, 0.25) is 6.10 Å². The first-order valence-electron chi connectivity index (χ1n) is 9.19. The molecule has 0 aromatic rings. The Morgan fingerprint density at radius 3 is 2.60 bits per heavy atom. The van der Waals surface area contributed by atoms with Crippen molar-refractivity contribution in [3.63, 3.8) is 0 Å². The predicted octanol–water partition coefficient (Wildman–Crippen LogP) is 1.70. The highest BCUT2D eigenvalue weighted by Crippen LogP contribution is 2.37. The van der Waals surface area contributed by atoms with E-state index in [1.54, 1.807) is 13.8 Å². The molecule has 7 heteroatoms. The third-order valence-corrected chi connectivity index (χ3v) is 5.60. The highest BCUT2D eigenvalue weighted by atomic mass is 16.7. The third-order valence-electron chi connectivity index (χ3n) is 5.60. The average molecular weight is 356 g/mol. The standard InChI is InChI=1S/C18H28O7/c1-4-17(2,3)16(20)24-14-13-12(23-15(14)19)11(10-22-13)25-18(21)8-6-5-7-9-18/h11-14,21H,4-10H2,1-3H3. The molecule has 4 unspecified atom stereocenters. The average Bonchev–Trinajstić information content (AvgIpc) is 3.08. The van der Waals surface area contributed by atoms with E-state index in [2.05, 4.69) is 0 Å². The fourth-order valence-electron chi connectivity index (χ4n) is 3.48. The van der Waals surface area contributed by atoms with Gasteiger partial charge in [-0.15, -0.1) is 0 Å². The number of hydrogen-bond acceptors (Lipinski definition) is 7. The van der Waals surface area contributed by atoms with Gasteiger partial charge in [-0.05, 0) is 33.1 Å². The van der Waals surface area contributed by atoms with E-state index in [1.165, 1.54) is 0 Å². The zero-order chi connectivity index (χ0) is 18.2. The van der Waals surface area contributed by atoms with Crippen molar-refractivity contribution in [1.29, 1.82) is 0 Å². The van der Waals surface area contributed by atoms with Gasteiger partial charge in [-0.1, -0.05) is 13.3 Å². The molecule has 0 radical (unpaired) electrons. The van der Waals surface area contributed by atoms with Crippen molar-refractivity contribution in [2.24, 2.45) is 5.41 Å². The van der Waals surface area contributed by atoms with Crippen LogP contribution in [0.1, 0.15) is 59.3 Å². The predicted molar refractivity (Wildman–Crippen MR) is 86.5 cm³/mol. The number of aliphatic hydroxyl groups is 1. The molecule has 3 rings (SSSR count). The molecule has 7 nitrogen and oxygen atoms in total. The summed E-state index contributed by atoms with van der Waals surface area (Å²) in [5.41, 5.74) is -0.676. The monoisotopic (exact) mass is 356 g/mol. The molecule has 2 saturated heterocycles. The van der Waals surface area contributed by atoms with Gasteiger partial charge < -0.3 is 24.1 Å². The van der Waals surface area contributed by atoms with Gasteiger partial charge in [0.25, 0.3) is 0 Å². The molecular weight excluding hydrogens is 328 g/mol. The first-order chi connectivity index (χ1) is 11.8. The van der Waals surface area contributed by atoms with Crippen LogP contribution < -0.4 is 0 Å². The molecule has 1 aliphatic carbocycles. The van der Waals surface area contributed by atoms with Crippen LogP contribution in [0.3, 0.4) is 0 Å². The quantitative estimate of drug-likeness (QED) is 0.592. The molecule has 0 aromatic heterocycles. The normalized spacial score (nSPS) is 34.5. The summed E-state index contributed by atoms with van der Waals surface area (Å²) in [5.74, 6) is -2.25. The summed E-state index contributed by atoms with van der Waals surface area (Å²) >= 11 is 0. The molecule has 3 aliphatic rings. The number of carbonyl (C=O) groups is 2. The number of hydrogen-bond donors (Lipinski definition) is 1. The molecule has 0 amide bonds. The van der Waals surface area contributed by atoms with Gasteiger partial charge in [-0.2, -0.15) is 0 Å². The second-order valence-electron chi connectivity index (χ2n) is 7.93. The van der Waals surface area contributed by atoms with E-state index in [0.29, 0.717) is 19.3 Å². The van der Waals surface area contributed by atoms with E-state index in [0.717, 1.165) is 19.3 Å². The molecule has 25 heavy (non-hydrogen) atoms. The lowest BCUT2D eigenvalue weighted by Crippen LogP contribution is -2.43. The Morgan fingerprint density at radius 2 is 1.96 bits per heavy atom. The van der Waals surface area contributed by atoms with Crippen LogP contribution in [0.25, 0.3) is 0 Å². The van der Waals surface area contributed by atoms with E-state index in [-0.39, 0.29) is 6.61 Å². The minimum Gasteiger partial charge on any atom is -0.454 e. The lowest BCUT2D eigenvalue weighted by atomic mass is 9.90. The van der Waals surface area contributed by atoms with E-state index in [1.807, 2.05) is 6.92 Å². The van der Waals surface area contributed by atoms with Crippen LogP contribution in [0.4, 0.5) is 0 Å². The zero-order valence-electron chi connectivity index (χ0n) is 15.2. The van der Waals surface area contributed by atoms with E-state index in [4.69, 9.17) is 18.9 Å². The van der Waals surface area contributed by atoms with Gasteiger partial charge in [0, 0.05) is 12.8 Å². The summed E-state index contributed by atoms with van der Waals surface area (Å²) in [6.07, 6.45) is 1.69. The maximum Gasteiger partial charge on any atom is 0.350 e. The summed E-state index contributed by atoms with van der Waals surface area (Å²) in [4.78, 5) is 24.4. The van der Waals surface area contributed by atoms with Crippen molar-refractivity contribution in [2.45, 2.75) is 89.5 Å². The summed E-state index contributed by atoms with van der Waals surface area (Å²) in [7, 11) is 0. The summed E-state index contributed by atoms with van der Waals surface area (Å²) in [6.45, 7) is 5.63. The van der Waals surface area contributed by atoms with Gasteiger partial charge in [0.1, 0.15) is 12.2 Å². The summed E-state index contributed by atoms with van der Waals surface area (Å²) in [6, 6.07) is 0. The smallest absolute Gasteiger partial charge is 0.350 e. The Bertz CT molecular complexity index is 524. The first-order valence-corrected chi connectivity index (χ1v) is 9.19. The van der Waals surface area contributed by atoms with E-state index in [9.17, 15) is 14.7 Å². The van der Waals surface area contributed by atoms with E-state index < -0.39 is 47.6 Å².